The molecule has 4 heteroatoms. The van der Waals surface area contributed by atoms with Crippen LogP contribution in [0.3, 0.4) is 0 Å². The van der Waals surface area contributed by atoms with Crippen LogP contribution in [0.5, 0.6) is 0 Å². The molecule has 1 aromatic heterocycles. The Morgan fingerprint density at radius 2 is 2.06 bits per heavy atom. The van der Waals surface area contributed by atoms with Crippen LogP contribution in [0.15, 0.2) is 12.1 Å². The molecule has 0 atom stereocenters. The molecule has 0 aliphatic rings. The number of hydrogen-bond donors (Lipinski definition) is 0. The topological polar surface area (TPSA) is 39.2 Å². The molecule has 3 nitrogen and oxygen atoms in total. The van der Waals surface area contributed by atoms with E-state index in [4.69, 9.17) is 16.3 Å². The molecule has 1 rings (SSSR count). The number of carbonyl (C=O) groups excluding carboxylic acids is 1. The van der Waals surface area contributed by atoms with Crippen LogP contribution in [-0.2, 0) is 4.74 Å². The minimum atomic E-state index is -0.346. The summed E-state index contributed by atoms with van der Waals surface area (Å²) in [7, 11) is 0. The van der Waals surface area contributed by atoms with E-state index < -0.39 is 0 Å². The van der Waals surface area contributed by atoms with Gasteiger partial charge in [0.15, 0.2) is 0 Å². The van der Waals surface area contributed by atoms with Crippen molar-refractivity contribution in [2.24, 2.45) is 5.41 Å². The fraction of sp³-hybridized carbons (Fsp3) is 0.538. The molecule has 0 aliphatic heterocycles. The van der Waals surface area contributed by atoms with E-state index in [0.717, 1.165) is 6.42 Å². The Bertz CT molecular complexity index is 390. The molecule has 0 fully saturated rings. The highest BCUT2D eigenvalue weighted by molar-refractivity contribution is 6.29. The lowest BCUT2D eigenvalue weighted by atomic mass is 9.93. The number of halogens is 1. The fourth-order valence-corrected chi connectivity index (χ4v) is 1.53. The van der Waals surface area contributed by atoms with Gasteiger partial charge < -0.3 is 4.74 Å². The fourth-order valence-electron chi connectivity index (χ4n) is 1.28. The van der Waals surface area contributed by atoms with Crippen LogP contribution in [0, 0.1) is 12.3 Å². The zero-order valence-electron chi connectivity index (χ0n) is 10.7. The number of rotatable bonds is 3. The molecule has 0 radical (unpaired) electrons. The second kappa shape index (κ2) is 5.50. The first kappa shape index (κ1) is 14.0. The van der Waals surface area contributed by atoms with Crippen molar-refractivity contribution in [3.8, 4) is 0 Å². The minimum absolute atomic E-state index is 0.159. The van der Waals surface area contributed by atoms with Crippen molar-refractivity contribution >= 4 is 17.6 Å². The van der Waals surface area contributed by atoms with Crippen molar-refractivity contribution in [3.63, 3.8) is 0 Å². The second-order valence-corrected chi connectivity index (χ2v) is 5.65. The summed E-state index contributed by atoms with van der Waals surface area (Å²) in [5, 5.41) is 0.313. The van der Waals surface area contributed by atoms with Gasteiger partial charge in [-0.2, -0.15) is 0 Å². The average molecular weight is 256 g/mol. The molecular weight excluding hydrogens is 238 g/mol. The van der Waals surface area contributed by atoms with Crippen LogP contribution in [0.1, 0.15) is 43.2 Å². The third-order valence-electron chi connectivity index (χ3n) is 2.24. The monoisotopic (exact) mass is 255 g/mol. The number of hydrogen-bond acceptors (Lipinski definition) is 3. The minimum Gasteiger partial charge on any atom is -0.462 e. The molecule has 17 heavy (non-hydrogen) atoms. The molecule has 0 N–H and O–H groups in total. The van der Waals surface area contributed by atoms with Crippen molar-refractivity contribution in [1.82, 2.24) is 4.98 Å². The van der Waals surface area contributed by atoms with Gasteiger partial charge in [0.2, 0.25) is 0 Å². The molecule has 0 aromatic carbocycles. The third kappa shape index (κ3) is 5.18. The smallest absolute Gasteiger partial charge is 0.338 e. The van der Waals surface area contributed by atoms with E-state index in [9.17, 15) is 4.79 Å². The summed E-state index contributed by atoms with van der Waals surface area (Å²) >= 11 is 5.78. The summed E-state index contributed by atoms with van der Waals surface area (Å²) in [4.78, 5) is 15.7. The maximum atomic E-state index is 11.7. The van der Waals surface area contributed by atoms with Crippen LogP contribution in [-0.4, -0.2) is 17.6 Å². The Balaban J connectivity index is 2.58. The number of nitrogens with zero attached hydrogens (tertiary/aromatic N) is 1. The zero-order valence-corrected chi connectivity index (χ0v) is 11.5. The van der Waals surface area contributed by atoms with Crippen molar-refractivity contribution in [1.29, 1.82) is 0 Å². The predicted octanol–water partition coefficient (Wildman–Crippen LogP) is 3.64. The van der Waals surface area contributed by atoms with Crippen LogP contribution >= 0.6 is 11.6 Å². The van der Waals surface area contributed by atoms with Gasteiger partial charge in [0.1, 0.15) is 5.15 Å². The number of esters is 1. The van der Waals surface area contributed by atoms with Gasteiger partial charge in [-0.1, -0.05) is 32.4 Å². The summed E-state index contributed by atoms with van der Waals surface area (Å²) in [5.41, 5.74) is 1.32. The maximum absolute atomic E-state index is 11.7. The highest BCUT2D eigenvalue weighted by Crippen LogP contribution is 2.18. The average Bonchev–Trinajstić information content (AvgIpc) is 2.13. The van der Waals surface area contributed by atoms with Gasteiger partial charge in [-0.05, 0) is 30.9 Å². The number of carbonyl (C=O) groups is 1. The van der Waals surface area contributed by atoms with Gasteiger partial charge in [0, 0.05) is 5.69 Å². The normalized spacial score (nSPS) is 11.4. The Hall–Kier alpha value is -1.09. The van der Waals surface area contributed by atoms with Gasteiger partial charge in [-0.3, -0.25) is 0 Å². The molecule has 0 saturated heterocycles. The van der Waals surface area contributed by atoms with Crippen molar-refractivity contribution in [2.75, 3.05) is 6.61 Å². The van der Waals surface area contributed by atoms with Crippen molar-refractivity contribution < 1.29 is 9.53 Å². The quantitative estimate of drug-likeness (QED) is 0.612. The zero-order chi connectivity index (χ0) is 13.1. The van der Waals surface area contributed by atoms with E-state index in [0.29, 0.717) is 23.0 Å². The van der Waals surface area contributed by atoms with E-state index in [-0.39, 0.29) is 11.4 Å². The first-order chi connectivity index (χ1) is 7.78. The first-order valence-corrected chi connectivity index (χ1v) is 5.97. The lowest BCUT2D eigenvalue weighted by Gasteiger charge is -2.17. The molecule has 0 aliphatic carbocycles. The lowest BCUT2D eigenvalue weighted by Crippen LogP contribution is -2.13. The third-order valence-corrected chi connectivity index (χ3v) is 2.44. The first-order valence-electron chi connectivity index (χ1n) is 5.59. The molecule has 0 saturated carbocycles. The summed E-state index contributed by atoms with van der Waals surface area (Å²) < 4.78 is 5.19. The Morgan fingerprint density at radius 3 is 2.59 bits per heavy atom. The number of pyridine rings is 1. The summed E-state index contributed by atoms with van der Waals surface area (Å²) in [6, 6.07) is 3.19. The van der Waals surface area contributed by atoms with E-state index in [1.807, 2.05) is 0 Å². The van der Waals surface area contributed by atoms with Crippen molar-refractivity contribution in [2.45, 2.75) is 34.1 Å². The molecular formula is C13H18ClNO2. The highest BCUT2D eigenvalue weighted by atomic mass is 35.5. The maximum Gasteiger partial charge on any atom is 0.338 e. The van der Waals surface area contributed by atoms with E-state index in [1.165, 1.54) is 6.07 Å². The number of aromatic nitrogens is 1. The molecule has 1 aromatic rings. The number of ether oxygens (including phenoxy) is 1. The Kier molecular flexibility index (Phi) is 4.52. The van der Waals surface area contributed by atoms with Gasteiger partial charge >= 0.3 is 5.97 Å². The molecule has 0 bridgehead atoms. The predicted molar refractivity (Wildman–Crippen MR) is 68.3 cm³/mol. The van der Waals surface area contributed by atoms with E-state index in [1.54, 1.807) is 13.0 Å². The molecule has 94 valence electrons. The molecule has 1 heterocycles. The van der Waals surface area contributed by atoms with Gasteiger partial charge in [0.25, 0.3) is 0 Å². The molecule has 0 spiro atoms. The van der Waals surface area contributed by atoms with Gasteiger partial charge in [-0.25, -0.2) is 9.78 Å². The van der Waals surface area contributed by atoms with E-state index in [2.05, 4.69) is 25.8 Å². The highest BCUT2D eigenvalue weighted by Gasteiger charge is 2.13. The largest absolute Gasteiger partial charge is 0.462 e. The summed E-state index contributed by atoms with van der Waals surface area (Å²) in [6.07, 6.45) is 0.830. The molecule has 0 amide bonds. The van der Waals surface area contributed by atoms with Gasteiger partial charge in [0.05, 0.1) is 12.2 Å². The Labute approximate surface area is 107 Å². The lowest BCUT2D eigenvalue weighted by molar-refractivity contribution is 0.0464. The Morgan fingerprint density at radius 1 is 1.41 bits per heavy atom. The molecule has 0 unspecified atom stereocenters. The van der Waals surface area contributed by atoms with Crippen LogP contribution in [0.2, 0.25) is 5.15 Å². The second-order valence-electron chi connectivity index (χ2n) is 5.27. The standard InChI is InChI=1S/C13H18ClNO2/c1-9-7-10(8-11(14)15-9)12(16)17-6-5-13(2,3)4/h7-8H,5-6H2,1-4H3. The summed E-state index contributed by atoms with van der Waals surface area (Å²) in [6.45, 7) is 8.52. The SMILES string of the molecule is Cc1cc(C(=O)OCCC(C)(C)C)cc(Cl)n1. The van der Waals surface area contributed by atoms with Crippen LogP contribution < -0.4 is 0 Å². The summed E-state index contributed by atoms with van der Waals surface area (Å²) in [5.74, 6) is -0.346. The van der Waals surface area contributed by atoms with Crippen molar-refractivity contribution in [3.05, 3.63) is 28.5 Å². The number of aryl methyl sites for hydroxylation is 1. The van der Waals surface area contributed by atoms with Crippen LogP contribution in [0.4, 0.5) is 0 Å². The van der Waals surface area contributed by atoms with E-state index >= 15 is 0 Å². The van der Waals surface area contributed by atoms with Gasteiger partial charge in [-0.15, -0.1) is 0 Å². The van der Waals surface area contributed by atoms with Crippen LogP contribution in [0.25, 0.3) is 0 Å².